The number of nitrogens with zero attached hydrogens (tertiary/aromatic N) is 1. The van der Waals surface area contributed by atoms with E-state index in [2.05, 4.69) is 22.5 Å². The van der Waals surface area contributed by atoms with Gasteiger partial charge in [-0.3, -0.25) is 0 Å². The van der Waals surface area contributed by atoms with Crippen molar-refractivity contribution in [2.24, 2.45) is 0 Å². The van der Waals surface area contributed by atoms with Gasteiger partial charge >= 0.3 is 0 Å². The number of aromatic nitrogens is 1. The average molecular weight is 213 g/mol. The number of thiazole rings is 1. The second-order valence-corrected chi connectivity index (χ2v) is 4.28. The van der Waals surface area contributed by atoms with Gasteiger partial charge in [0.05, 0.1) is 6.04 Å². The van der Waals surface area contributed by atoms with Crippen LogP contribution in [0.2, 0.25) is 0 Å². The molecule has 1 heterocycles. The normalized spacial score (nSPS) is 13.0. The molecule has 0 saturated carbocycles. The van der Waals surface area contributed by atoms with Gasteiger partial charge in [0, 0.05) is 11.6 Å². The minimum Gasteiger partial charge on any atom is -0.320 e. The summed E-state index contributed by atoms with van der Waals surface area (Å²) < 4.78 is 0. The summed E-state index contributed by atoms with van der Waals surface area (Å²) in [6.07, 6.45) is 4.31. The number of unbranched alkanes of at least 4 members (excludes halogenated alkanes) is 1. The van der Waals surface area contributed by atoms with Gasteiger partial charge in [-0.1, -0.05) is 0 Å². The van der Waals surface area contributed by atoms with Crippen molar-refractivity contribution in [3.8, 4) is 0 Å². The Morgan fingerprint density at radius 3 is 2.86 bits per heavy atom. The van der Waals surface area contributed by atoms with Crippen LogP contribution in [0.5, 0.6) is 0 Å². The van der Waals surface area contributed by atoms with Crippen LogP contribution in [0, 0.1) is 0 Å². The van der Waals surface area contributed by atoms with Crippen molar-refractivity contribution >= 4 is 11.3 Å². The summed E-state index contributed by atoms with van der Waals surface area (Å²) in [6, 6.07) is 0.393. The topological polar surface area (TPSA) is 37.0 Å². The standard InChI is InChI=1S/C10H19N3S/c1-9(10-13-7-8-14-10)12-6-4-3-5-11-2/h7-9,11-12H,3-6H2,1-2H3. The average Bonchev–Trinajstić information content (AvgIpc) is 2.70. The molecule has 0 spiro atoms. The van der Waals surface area contributed by atoms with E-state index < -0.39 is 0 Å². The highest BCUT2D eigenvalue weighted by molar-refractivity contribution is 7.09. The van der Waals surface area contributed by atoms with Crippen LogP contribution >= 0.6 is 11.3 Å². The zero-order valence-electron chi connectivity index (χ0n) is 8.92. The monoisotopic (exact) mass is 213 g/mol. The molecule has 80 valence electrons. The van der Waals surface area contributed by atoms with Crippen LogP contribution in [0.15, 0.2) is 11.6 Å². The maximum Gasteiger partial charge on any atom is 0.109 e. The van der Waals surface area contributed by atoms with Crippen molar-refractivity contribution in [1.29, 1.82) is 0 Å². The molecule has 0 aliphatic carbocycles. The number of rotatable bonds is 7. The van der Waals surface area contributed by atoms with E-state index in [1.54, 1.807) is 11.3 Å². The SMILES string of the molecule is CNCCCCNC(C)c1nccs1. The van der Waals surface area contributed by atoms with Gasteiger partial charge in [0.25, 0.3) is 0 Å². The van der Waals surface area contributed by atoms with E-state index in [1.165, 1.54) is 17.8 Å². The molecule has 1 atom stereocenters. The molecule has 0 radical (unpaired) electrons. The molecule has 1 aromatic rings. The molecule has 4 heteroatoms. The Bertz CT molecular complexity index is 223. The third-order valence-corrected chi connectivity index (χ3v) is 3.08. The van der Waals surface area contributed by atoms with Gasteiger partial charge in [-0.05, 0) is 39.9 Å². The molecule has 1 rings (SSSR count). The lowest BCUT2D eigenvalue weighted by atomic mass is 10.3. The lowest BCUT2D eigenvalue weighted by Gasteiger charge is -2.10. The van der Waals surface area contributed by atoms with Crippen molar-refractivity contribution in [2.45, 2.75) is 25.8 Å². The highest BCUT2D eigenvalue weighted by Crippen LogP contribution is 2.14. The van der Waals surface area contributed by atoms with Gasteiger partial charge in [0.15, 0.2) is 0 Å². The number of nitrogens with one attached hydrogen (secondary N) is 2. The lowest BCUT2D eigenvalue weighted by Crippen LogP contribution is -2.20. The molecule has 0 aliphatic heterocycles. The van der Waals surface area contributed by atoms with Crippen LogP contribution in [-0.2, 0) is 0 Å². The highest BCUT2D eigenvalue weighted by Gasteiger charge is 2.05. The fourth-order valence-corrected chi connectivity index (χ4v) is 1.95. The van der Waals surface area contributed by atoms with Crippen LogP contribution in [0.4, 0.5) is 0 Å². The van der Waals surface area contributed by atoms with E-state index in [9.17, 15) is 0 Å². The Balaban J connectivity index is 2.07. The van der Waals surface area contributed by atoms with E-state index in [-0.39, 0.29) is 0 Å². The van der Waals surface area contributed by atoms with Crippen LogP contribution in [0.25, 0.3) is 0 Å². The van der Waals surface area contributed by atoms with Crippen molar-refractivity contribution in [1.82, 2.24) is 15.6 Å². The number of hydrogen-bond donors (Lipinski definition) is 2. The number of hydrogen-bond acceptors (Lipinski definition) is 4. The molecule has 3 nitrogen and oxygen atoms in total. The summed E-state index contributed by atoms with van der Waals surface area (Å²) in [5.74, 6) is 0. The van der Waals surface area contributed by atoms with Crippen molar-refractivity contribution in [3.05, 3.63) is 16.6 Å². The summed E-state index contributed by atoms with van der Waals surface area (Å²) in [5, 5.41) is 9.81. The first-order valence-electron chi connectivity index (χ1n) is 5.12. The molecular formula is C10H19N3S. The third-order valence-electron chi connectivity index (χ3n) is 2.13. The molecule has 1 unspecified atom stereocenters. The molecule has 0 bridgehead atoms. The van der Waals surface area contributed by atoms with Crippen LogP contribution in [0.3, 0.4) is 0 Å². The Morgan fingerprint density at radius 1 is 1.43 bits per heavy atom. The maximum absolute atomic E-state index is 4.27. The molecule has 0 aliphatic rings. The minimum absolute atomic E-state index is 0.393. The summed E-state index contributed by atoms with van der Waals surface area (Å²) in [4.78, 5) is 4.27. The van der Waals surface area contributed by atoms with Crippen molar-refractivity contribution in [2.75, 3.05) is 20.1 Å². The van der Waals surface area contributed by atoms with Gasteiger partial charge in [-0.2, -0.15) is 0 Å². The highest BCUT2D eigenvalue weighted by atomic mass is 32.1. The first kappa shape index (κ1) is 11.6. The Morgan fingerprint density at radius 2 is 2.21 bits per heavy atom. The smallest absolute Gasteiger partial charge is 0.109 e. The predicted octanol–water partition coefficient (Wildman–Crippen LogP) is 1.79. The van der Waals surface area contributed by atoms with Gasteiger partial charge in [0.2, 0.25) is 0 Å². The fraction of sp³-hybridized carbons (Fsp3) is 0.700. The molecular weight excluding hydrogens is 194 g/mol. The minimum atomic E-state index is 0.393. The Labute approximate surface area is 89.9 Å². The third kappa shape index (κ3) is 4.17. The Hall–Kier alpha value is -0.450. The molecule has 0 saturated heterocycles. The van der Waals surface area contributed by atoms with Crippen LogP contribution < -0.4 is 10.6 Å². The molecule has 0 aromatic carbocycles. The van der Waals surface area contributed by atoms with E-state index in [0.717, 1.165) is 13.1 Å². The zero-order chi connectivity index (χ0) is 10.2. The molecule has 14 heavy (non-hydrogen) atoms. The van der Waals surface area contributed by atoms with Gasteiger partial charge in [-0.25, -0.2) is 4.98 Å². The van der Waals surface area contributed by atoms with Crippen molar-refractivity contribution in [3.63, 3.8) is 0 Å². The van der Waals surface area contributed by atoms with Gasteiger partial charge in [-0.15, -0.1) is 11.3 Å². The second-order valence-electron chi connectivity index (χ2n) is 3.36. The zero-order valence-corrected chi connectivity index (χ0v) is 9.73. The van der Waals surface area contributed by atoms with E-state index >= 15 is 0 Å². The molecule has 0 fully saturated rings. The van der Waals surface area contributed by atoms with Crippen LogP contribution in [-0.4, -0.2) is 25.1 Å². The first-order valence-corrected chi connectivity index (χ1v) is 6.00. The second kappa shape index (κ2) is 6.92. The quantitative estimate of drug-likeness (QED) is 0.678. The van der Waals surface area contributed by atoms with E-state index in [4.69, 9.17) is 0 Å². The summed E-state index contributed by atoms with van der Waals surface area (Å²) >= 11 is 1.71. The van der Waals surface area contributed by atoms with Gasteiger partial charge < -0.3 is 10.6 Å². The predicted molar refractivity (Wildman–Crippen MR) is 61.7 cm³/mol. The maximum atomic E-state index is 4.27. The summed E-state index contributed by atoms with van der Waals surface area (Å²) in [6.45, 7) is 4.34. The van der Waals surface area contributed by atoms with E-state index in [0.29, 0.717) is 6.04 Å². The van der Waals surface area contributed by atoms with E-state index in [1.807, 2.05) is 18.6 Å². The van der Waals surface area contributed by atoms with Crippen molar-refractivity contribution < 1.29 is 0 Å². The first-order chi connectivity index (χ1) is 6.84. The van der Waals surface area contributed by atoms with Crippen LogP contribution in [0.1, 0.15) is 30.8 Å². The largest absolute Gasteiger partial charge is 0.320 e. The molecule has 0 amide bonds. The fourth-order valence-electron chi connectivity index (χ4n) is 1.28. The summed E-state index contributed by atoms with van der Waals surface area (Å²) in [5.41, 5.74) is 0. The van der Waals surface area contributed by atoms with Gasteiger partial charge in [0.1, 0.15) is 5.01 Å². The molecule has 2 N–H and O–H groups in total. The summed E-state index contributed by atoms with van der Waals surface area (Å²) in [7, 11) is 1.99. The Kier molecular flexibility index (Phi) is 5.75. The lowest BCUT2D eigenvalue weighted by molar-refractivity contribution is 0.539. The molecule has 1 aromatic heterocycles.